The summed E-state index contributed by atoms with van der Waals surface area (Å²) in [6.45, 7) is 0.0414. The van der Waals surface area contributed by atoms with E-state index in [1.165, 1.54) is 0 Å². The number of halogens is 1. The van der Waals surface area contributed by atoms with E-state index in [1.807, 2.05) is 0 Å². The third-order valence-corrected chi connectivity index (χ3v) is 2.00. The van der Waals surface area contributed by atoms with E-state index in [9.17, 15) is 4.79 Å². The Hall–Kier alpha value is -0.740. The van der Waals surface area contributed by atoms with Crippen molar-refractivity contribution in [1.82, 2.24) is 4.98 Å². The van der Waals surface area contributed by atoms with Gasteiger partial charge in [-0.25, -0.2) is 4.98 Å². The van der Waals surface area contributed by atoms with E-state index in [4.69, 9.17) is 5.11 Å². The highest BCUT2D eigenvalue weighted by molar-refractivity contribution is 9.10. The molecule has 0 saturated carbocycles. The molecule has 0 spiro atoms. The van der Waals surface area contributed by atoms with Gasteiger partial charge >= 0.3 is 0 Å². The van der Waals surface area contributed by atoms with Gasteiger partial charge in [0.2, 0.25) is 0 Å². The van der Waals surface area contributed by atoms with Crippen molar-refractivity contribution in [3.05, 3.63) is 28.5 Å². The minimum atomic E-state index is -0.0321. The number of carbonyl (C=O) groups excluding carboxylic acids is 1. The molecule has 1 heterocycles. The van der Waals surface area contributed by atoms with Gasteiger partial charge < -0.3 is 5.11 Å². The molecular formula is C9H10BrNO2. The summed E-state index contributed by atoms with van der Waals surface area (Å²) in [5, 5.41) is 8.53. The molecule has 0 atom stereocenters. The maximum absolute atomic E-state index is 11.4. The maximum Gasteiger partial charge on any atom is 0.181 e. The van der Waals surface area contributed by atoms with Gasteiger partial charge in [-0.2, -0.15) is 0 Å². The van der Waals surface area contributed by atoms with Crippen LogP contribution in [0.15, 0.2) is 22.8 Å². The minimum Gasteiger partial charge on any atom is -0.396 e. The molecule has 13 heavy (non-hydrogen) atoms. The number of hydrogen-bond donors (Lipinski definition) is 1. The maximum atomic E-state index is 11.4. The molecule has 0 aliphatic heterocycles. The summed E-state index contributed by atoms with van der Waals surface area (Å²) in [7, 11) is 0. The van der Waals surface area contributed by atoms with Crippen LogP contribution in [0, 0.1) is 0 Å². The Labute approximate surface area is 84.9 Å². The zero-order chi connectivity index (χ0) is 9.68. The van der Waals surface area contributed by atoms with E-state index < -0.39 is 0 Å². The zero-order valence-corrected chi connectivity index (χ0v) is 8.62. The highest BCUT2D eigenvalue weighted by Crippen LogP contribution is 2.08. The number of Topliss-reactive ketones (excluding diaryl/α,β-unsaturated/α-hetero) is 1. The Morgan fingerprint density at radius 2 is 2.31 bits per heavy atom. The van der Waals surface area contributed by atoms with Gasteiger partial charge in [-0.05, 0) is 34.5 Å². The van der Waals surface area contributed by atoms with Crippen LogP contribution in [-0.4, -0.2) is 22.5 Å². The number of nitrogens with zero attached hydrogens (tertiary/aromatic N) is 1. The number of aliphatic hydroxyl groups excluding tert-OH is 1. The van der Waals surface area contributed by atoms with Crippen LogP contribution in [0.25, 0.3) is 0 Å². The van der Waals surface area contributed by atoms with Crippen LogP contribution in [0.5, 0.6) is 0 Å². The zero-order valence-electron chi connectivity index (χ0n) is 7.03. The van der Waals surface area contributed by atoms with Gasteiger partial charge in [0.15, 0.2) is 5.78 Å². The van der Waals surface area contributed by atoms with Crippen LogP contribution < -0.4 is 0 Å². The smallest absolute Gasteiger partial charge is 0.181 e. The van der Waals surface area contributed by atoms with Crippen molar-refractivity contribution in [2.75, 3.05) is 6.61 Å². The predicted octanol–water partition coefficient (Wildman–Crippen LogP) is 1.80. The monoisotopic (exact) mass is 243 g/mol. The lowest BCUT2D eigenvalue weighted by atomic mass is 10.1. The summed E-state index contributed by atoms with van der Waals surface area (Å²) in [5.74, 6) is -0.0321. The number of aromatic nitrogens is 1. The second-order valence-corrected chi connectivity index (χ2v) is 3.41. The van der Waals surface area contributed by atoms with Crippen LogP contribution in [0.3, 0.4) is 0 Å². The number of ketones is 1. The molecule has 0 radical (unpaired) electrons. The van der Waals surface area contributed by atoms with Gasteiger partial charge in [0, 0.05) is 13.0 Å². The van der Waals surface area contributed by atoms with E-state index in [2.05, 4.69) is 20.9 Å². The molecule has 70 valence electrons. The molecule has 0 unspecified atom stereocenters. The standard InChI is InChI=1S/C9H10BrNO2/c10-9-5-1-3-7(11-9)8(13)4-2-6-12/h1,3,5,12H,2,4,6H2. The van der Waals surface area contributed by atoms with Crippen LogP contribution >= 0.6 is 15.9 Å². The number of carbonyl (C=O) groups is 1. The number of aliphatic hydroxyl groups is 1. The van der Waals surface area contributed by atoms with Gasteiger partial charge in [0.1, 0.15) is 10.3 Å². The average Bonchev–Trinajstić information content (AvgIpc) is 2.14. The van der Waals surface area contributed by atoms with Crippen molar-refractivity contribution in [2.45, 2.75) is 12.8 Å². The summed E-state index contributed by atoms with van der Waals surface area (Å²) in [5.41, 5.74) is 0.447. The molecule has 1 aromatic heterocycles. The number of pyridine rings is 1. The molecule has 0 aliphatic carbocycles. The Bertz CT molecular complexity index is 301. The summed E-state index contributed by atoms with van der Waals surface area (Å²) in [4.78, 5) is 15.4. The van der Waals surface area contributed by atoms with E-state index in [-0.39, 0.29) is 12.4 Å². The quantitative estimate of drug-likeness (QED) is 0.649. The first kappa shape index (κ1) is 10.3. The lowest BCUT2D eigenvalue weighted by Gasteiger charge is -1.98. The van der Waals surface area contributed by atoms with E-state index in [0.717, 1.165) is 0 Å². The van der Waals surface area contributed by atoms with Gasteiger partial charge in [0.25, 0.3) is 0 Å². The average molecular weight is 244 g/mol. The van der Waals surface area contributed by atoms with Crippen molar-refractivity contribution in [2.24, 2.45) is 0 Å². The SMILES string of the molecule is O=C(CCCO)c1cccc(Br)n1. The fourth-order valence-corrected chi connectivity index (χ4v) is 1.27. The lowest BCUT2D eigenvalue weighted by Crippen LogP contribution is -2.02. The molecule has 1 N–H and O–H groups in total. The van der Waals surface area contributed by atoms with Crippen molar-refractivity contribution in [3.8, 4) is 0 Å². The van der Waals surface area contributed by atoms with Crippen LogP contribution in [0.1, 0.15) is 23.3 Å². The normalized spacial score (nSPS) is 10.0. The second-order valence-electron chi connectivity index (χ2n) is 2.60. The highest BCUT2D eigenvalue weighted by Gasteiger charge is 2.06. The first-order chi connectivity index (χ1) is 6.24. The van der Waals surface area contributed by atoms with E-state index >= 15 is 0 Å². The van der Waals surface area contributed by atoms with Crippen molar-refractivity contribution in [1.29, 1.82) is 0 Å². The third kappa shape index (κ3) is 3.24. The van der Waals surface area contributed by atoms with Crippen molar-refractivity contribution < 1.29 is 9.90 Å². The Morgan fingerprint density at radius 1 is 1.54 bits per heavy atom. The minimum absolute atomic E-state index is 0.0321. The van der Waals surface area contributed by atoms with Crippen LogP contribution in [0.2, 0.25) is 0 Å². The Morgan fingerprint density at radius 3 is 2.92 bits per heavy atom. The van der Waals surface area contributed by atoms with Crippen LogP contribution in [-0.2, 0) is 0 Å². The summed E-state index contributed by atoms with van der Waals surface area (Å²) in [6, 6.07) is 5.20. The van der Waals surface area contributed by atoms with Gasteiger partial charge in [0.05, 0.1) is 0 Å². The fraction of sp³-hybridized carbons (Fsp3) is 0.333. The molecule has 0 amide bonds. The Kier molecular flexibility index (Phi) is 4.05. The number of rotatable bonds is 4. The molecule has 0 aromatic carbocycles. The predicted molar refractivity (Wildman–Crippen MR) is 52.6 cm³/mol. The van der Waals surface area contributed by atoms with Crippen molar-refractivity contribution in [3.63, 3.8) is 0 Å². The first-order valence-corrected chi connectivity index (χ1v) is 4.80. The first-order valence-electron chi connectivity index (χ1n) is 4.00. The fourth-order valence-electron chi connectivity index (χ4n) is 0.931. The Balaban J connectivity index is 2.66. The van der Waals surface area contributed by atoms with E-state index in [1.54, 1.807) is 18.2 Å². The molecule has 0 fully saturated rings. The molecule has 0 aliphatic rings. The summed E-state index contributed by atoms with van der Waals surface area (Å²) >= 11 is 3.19. The molecular weight excluding hydrogens is 234 g/mol. The molecule has 1 rings (SSSR count). The third-order valence-electron chi connectivity index (χ3n) is 1.56. The molecule has 3 nitrogen and oxygen atoms in total. The molecule has 0 bridgehead atoms. The molecule has 4 heteroatoms. The van der Waals surface area contributed by atoms with Gasteiger partial charge in [-0.15, -0.1) is 0 Å². The molecule has 0 saturated heterocycles. The van der Waals surface area contributed by atoms with Gasteiger partial charge in [-0.1, -0.05) is 6.07 Å². The summed E-state index contributed by atoms with van der Waals surface area (Å²) < 4.78 is 0.655. The van der Waals surface area contributed by atoms with Gasteiger partial charge in [-0.3, -0.25) is 4.79 Å². The van der Waals surface area contributed by atoms with Crippen molar-refractivity contribution >= 4 is 21.7 Å². The lowest BCUT2D eigenvalue weighted by molar-refractivity contribution is 0.0966. The number of hydrogen-bond acceptors (Lipinski definition) is 3. The van der Waals surface area contributed by atoms with E-state index in [0.29, 0.717) is 23.1 Å². The highest BCUT2D eigenvalue weighted by atomic mass is 79.9. The topological polar surface area (TPSA) is 50.2 Å². The van der Waals surface area contributed by atoms with Crippen LogP contribution in [0.4, 0.5) is 0 Å². The summed E-state index contributed by atoms with van der Waals surface area (Å²) in [6.07, 6.45) is 0.840. The second kappa shape index (κ2) is 5.09. The largest absolute Gasteiger partial charge is 0.396 e. The molecule has 1 aromatic rings.